The highest BCUT2D eigenvalue weighted by Crippen LogP contribution is 2.33. The van der Waals surface area contributed by atoms with Crippen molar-refractivity contribution in [3.05, 3.63) is 95.6 Å². The molecule has 0 unspecified atom stereocenters. The first-order chi connectivity index (χ1) is 13.4. The van der Waals surface area contributed by atoms with Gasteiger partial charge in [0.05, 0.1) is 6.61 Å². The summed E-state index contributed by atoms with van der Waals surface area (Å²) in [5, 5.41) is 0. The minimum Gasteiger partial charge on any atom is -0.485 e. The predicted molar refractivity (Wildman–Crippen MR) is 105 cm³/mol. The van der Waals surface area contributed by atoms with Crippen molar-refractivity contribution in [2.75, 3.05) is 13.9 Å². The first kappa shape index (κ1) is 19.0. The second-order valence-electron chi connectivity index (χ2n) is 6.05. The molecule has 140 valence electrons. The van der Waals surface area contributed by atoms with Crippen LogP contribution >= 0.6 is 0 Å². The van der Waals surface area contributed by atoms with Crippen LogP contribution in [-0.2, 0) is 29.3 Å². The van der Waals surface area contributed by atoms with E-state index in [2.05, 4.69) is 0 Å². The maximum Gasteiger partial charge on any atom is 0.167 e. The van der Waals surface area contributed by atoms with Gasteiger partial charge in [0.25, 0.3) is 0 Å². The molecule has 0 aromatic heterocycles. The van der Waals surface area contributed by atoms with Crippen LogP contribution in [0, 0.1) is 0 Å². The lowest BCUT2D eigenvalue weighted by atomic mass is 10.2. The van der Waals surface area contributed by atoms with Gasteiger partial charge >= 0.3 is 0 Å². The van der Waals surface area contributed by atoms with Gasteiger partial charge in [0.15, 0.2) is 11.5 Å². The molecule has 27 heavy (non-hydrogen) atoms. The molecule has 4 nitrogen and oxygen atoms in total. The maximum atomic E-state index is 6.13. The van der Waals surface area contributed by atoms with Gasteiger partial charge in [-0.1, -0.05) is 72.8 Å². The molecule has 4 heteroatoms. The Labute approximate surface area is 160 Å². The molecule has 3 rings (SSSR count). The second-order valence-corrected chi connectivity index (χ2v) is 6.05. The van der Waals surface area contributed by atoms with E-state index in [4.69, 9.17) is 18.9 Å². The number of benzene rings is 3. The third kappa shape index (κ3) is 5.84. The standard InChI is InChI=1S/C23H24O4/c1-24-18-25-17-21-13-8-14-22(26-15-19-9-4-2-5-10-19)23(21)27-16-20-11-6-3-7-12-20/h2-14H,15-18H2,1H3. The zero-order valence-corrected chi connectivity index (χ0v) is 15.5. The summed E-state index contributed by atoms with van der Waals surface area (Å²) in [7, 11) is 1.60. The van der Waals surface area contributed by atoms with Crippen molar-refractivity contribution >= 4 is 0 Å². The summed E-state index contributed by atoms with van der Waals surface area (Å²) in [4.78, 5) is 0. The highest BCUT2D eigenvalue weighted by Gasteiger charge is 2.12. The third-order valence-electron chi connectivity index (χ3n) is 3.98. The lowest BCUT2D eigenvalue weighted by molar-refractivity contribution is -0.0397. The number of ether oxygens (including phenoxy) is 4. The number of para-hydroxylation sites is 1. The summed E-state index contributed by atoms with van der Waals surface area (Å²) in [6.07, 6.45) is 0. The van der Waals surface area contributed by atoms with Crippen LogP contribution in [-0.4, -0.2) is 13.9 Å². The molecule has 3 aromatic rings. The molecule has 0 aliphatic heterocycles. The fraction of sp³-hybridized carbons (Fsp3) is 0.217. The molecule has 3 aromatic carbocycles. The third-order valence-corrected chi connectivity index (χ3v) is 3.98. The number of hydrogen-bond acceptors (Lipinski definition) is 4. The minimum atomic E-state index is 0.229. The van der Waals surface area contributed by atoms with Gasteiger partial charge in [-0.15, -0.1) is 0 Å². The van der Waals surface area contributed by atoms with Crippen molar-refractivity contribution in [1.82, 2.24) is 0 Å². The second kappa shape index (κ2) is 10.4. The summed E-state index contributed by atoms with van der Waals surface area (Å²) in [6.45, 7) is 1.56. The van der Waals surface area contributed by atoms with Crippen molar-refractivity contribution < 1.29 is 18.9 Å². The van der Waals surface area contributed by atoms with Crippen LogP contribution in [0.3, 0.4) is 0 Å². The molecule has 0 fully saturated rings. The number of methoxy groups -OCH3 is 1. The maximum absolute atomic E-state index is 6.13. The molecule has 0 bridgehead atoms. The van der Waals surface area contributed by atoms with Gasteiger partial charge in [-0.25, -0.2) is 0 Å². The van der Waals surface area contributed by atoms with E-state index in [0.717, 1.165) is 16.7 Å². The van der Waals surface area contributed by atoms with Crippen LogP contribution < -0.4 is 9.47 Å². The van der Waals surface area contributed by atoms with Crippen LogP contribution in [0.4, 0.5) is 0 Å². The van der Waals surface area contributed by atoms with E-state index >= 15 is 0 Å². The van der Waals surface area contributed by atoms with Crippen LogP contribution in [0.1, 0.15) is 16.7 Å². The molecular weight excluding hydrogens is 340 g/mol. The highest BCUT2D eigenvalue weighted by atomic mass is 16.7. The first-order valence-electron chi connectivity index (χ1n) is 8.89. The van der Waals surface area contributed by atoms with Crippen molar-refractivity contribution in [1.29, 1.82) is 0 Å². The van der Waals surface area contributed by atoms with Crippen molar-refractivity contribution in [2.24, 2.45) is 0 Å². The van der Waals surface area contributed by atoms with E-state index in [1.807, 2.05) is 78.9 Å². The average Bonchev–Trinajstić information content (AvgIpc) is 2.73. The summed E-state index contributed by atoms with van der Waals surface area (Å²) < 4.78 is 22.7. The Kier molecular flexibility index (Phi) is 7.27. The molecule has 0 aliphatic rings. The summed E-state index contributed by atoms with van der Waals surface area (Å²) in [5.74, 6) is 1.40. The van der Waals surface area contributed by atoms with Crippen LogP contribution in [0.25, 0.3) is 0 Å². The van der Waals surface area contributed by atoms with Gasteiger partial charge in [0, 0.05) is 12.7 Å². The summed E-state index contributed by atoms with van der Waals surface area (Å²) in [5.41, 5.74) is 3.13. The molecule has 0 saturated heterocycles. The Morgan fingerprint density at radius 1 is 0.630 bits per heavy atom. The van der Waals surface area contributed by atoms with Gasteiger partial charge in [0.1, 0.15) is 20.0 Å². The van der Waals surface area contributed by atoms with E-state index in [9.17, 15) is 0 Å². The highest BCUT2D eigenvalue weighted by molar-refractivity contribution is 5.46. The Morgan fingerprint density at radius 3 is 1.89 bits per heavy atom. The number of hydrogen-bond donors (Lipinski definition) is 0. The monoisotopic (exact) mass is 364 g/mol. The summed E-state index contributed by atoms with van der Waals surface area (Å²) in [6, 6.07) is 26.0. The molecule has 0 radical (unpaired) electrons. The van der Waals surface area contributed by atoms with Crippen molar-refractivity contribution in [3.8, 4) is 11.5 Å². The van der Waals surface area contributed by atoms with Crippen LogP contribution in [0.2, 0.25) is 0 Å². The van der Waals surface area contributed by atoms with Gasteiger partial charge in [-0.3, -0.25) is 0 Å². The fourth-order valence-electron chi connectivity index (χ4n) is 2.65. The molecule has 0 atom stereocenters. The Hall–Kier alpha value is -2.82. The zero-order valence-electron chi connectivity index (χ0n) is 15.5. The lowest BCUT2D eigenvalue weighted by Gasteiger charge is -2.17. The van der Waals surface area contributed by atoms with Gasteiger partial charge in [0.2, 0.25) is 0 Å². The van der Waals surface area contributed by atoms with Gasteiger partial charge < -0.3 is 18.9 Å². The predicted octanol–water partition coefficient (Wildman–Crippen LogP) is 4.97. The first-order valence-corrected chi connectivity index (χ1v) is 8.89. The Bertz CT molecular complexity index is 803. The molecule has 0 spiro atoms. The smallest absolute Gasteiger partial charge is 0.167 e. The van der Waals surface area contributed by atoms with E-state index < -0.39 is 0 Å². The molecule has 0 aliphatic carbocycles. The molecule has 0 heterocycles. The van der Waals surface area contributed by atoms with Crippen LogP contribution in [0.15, 0.2) is 78.9 Å². The fourth-order valence-corrected chi connectivity index (χ4v) is 2.65. The zero-order chi connectivity index (χ0) is 18.7. The Morgan fingerprint density at radius 2 is 1.26 bits per heavy atom. The van der Waals surface area contributed by atoms with Crippen molar-refractivity contribution in [3.63, 3.8) is 0 Å². The normalized spacial score (nSPS) is 10.6. The Balaban J connectivity index is 1.76. The quantitative estimate of drug-likeness (QED) is 0.376. The number of rotatable bonds is 10. The SMILES string of the molecule is COCOCc1cccc(OCc2ccccc2)c1OCc1ccccc1. The van der Waals surface area contributed by atoms with Gasteiger partial charge in [-0.2, -0.15) is 0 Å². The largest absolute Gasteiger partial charge is 0.485 e. The molecule has 0 N–H and O–H groups in total. The minimum absolute atomic E-state index is 0.229. The van der Waals surface area contributed by atoms with E-state index in [1.165, 1.54) is 0 Å². The summed E-state index contributed by atoms with van der Waals surface area (Å²) >= 11 is 0. The van der Waals surface area contributed by atoms with E-state index in [1.54, 1.807) is 7.11 Å². The topological polar surface area (TPSA) is 36.9 Å². The lowest BCUT2D eigenvalue weighted by Crippen LogP contribution is -2.05. The van der Waals surface area contributed by atoms with E-state index in [0.29, 0.717) is 31.3 Å². The van der Waals surface area contributed by atoms with E-state index in [-0.39, 0.29) is 6.79 Å². The molecular formula is C23H24O4. The average molecular weight is 364 g/mol. The van der Waals surface area contributed by atoms with Crippen LogP contribution in [0.5, 0.6) is 11.5 Å². The van der Waals surface area contributed by atoms with Gasteiger partial charge in [-0.05, 0) is 17.2 Å². The molecule has 0 saturated carbocycles. The molecule has 0 amide bonds. The van der Waals surface area contributed by atoms with Crippen molar-refractivity contribution in [2.45, 2.75) is 19.8 Å².